The molecule has 1 aliphatic heterocycles. The zero-order chi connectivity index (χ0) is 26.5. The predicted octanol–water partition coefficient (Wildman–Crippen LogP) is 4.34. The topological polar surface area (TPSA) is 116 Å². The van der Waals surface area contributed by atoms with Gasteiger partial charge in [-0.25, -0.2) is 14.8 Å². The Morgan fingerprint density at radius 3 is 2.19 bits per heavy atom. The van der Waals surface area contributed by atoms with E-state index in [-0.39, 0.29) is 5.91 Å². The third kappa shape index (κ3) is 8.73. The molecule has 1 aromatic heterocycles. The minimum absolute atomic E-state index is 0.0589. The molecule has 37 heavy (non-hydrogen) atoms. The molecule has 1 fully saturated rings. The summed E-state index contributed by atoms with van der Waals surface area (Å²) in [7, 11) is 0. The van der Waals surface area contributed by atoms with Gasteiger partial charge in [0.15, 0.2) is 0 Å². The Kier molecular flexibility index (Phi) is 10.6. The number of morpholine rings is 1. The van der Waals surface area contributed by atoms with Gasteiger partial charge in [0.25, 0.3) is 5.91 Å². The lowest BCUT2D eigenvalue weighted by molar-refractivity contribution is 0.0760. The normalized spacial score (nSPS) is 13.1. The van der Waals surface area contributed by atoms with Gasteiger partial charge in [-0.15, -0.1) is 0 Å². The van der Waals surface area contributed by atoms with Crippen molar-refractivity contribution in [3.63, 3.8) is 0 Å². The summed E-state index contributed by atoms with van der Waals surface area (Å²) in [6.45, 7) is 5.84. The number of carbonyl (C=O) groups excluding carboxylic acids is 1. The molecule has 0 saturated carbocycles. The first kappa shape index (κ1) is 27.3. The highest BCUT2D eigenvalue weighted by Crippen LogP contribution is 2.20. The van der Waals surface area contributed by atoms with Gasteiger partial charge < -0.3 is 24.7 Å². The number of aromatic nitrogens is 2. The van der Waals surface area contributed by atoms with Crippen molar-refractivity contribution in [3.8, 4) is 0 Å². The van der Waals surface area contributed by atoms with Crippen molar-refractivity contribution in [1.29, 1.82) is 0 Å². The fraction of sp³-hybridized carbons (Fsp3) is 0.286. The van der Waals surface area contributed by atoms with Crippen LogP contribution in [0.3, 0.4) is 0 Å². The molecule has 0 spiro atoms. The summed E-state index contributed by atoms with van der Waals surface area (Å²) < 4.78 is 5.47. The number of rotatable bonds is 8. The molecule has 2 heterocycles. The highest BCUT2D eigenvalue weighted by atomic mass is 16.6. The Morgan fingerprint density at radius 1 is 1.00 bits per heavy atom. The van der Waals surface area contributed by atoms with Gasteiger partial charge in [-0.1, -0.05) is 72.8 Å². The van der Waals surface area contributed by atoms with E-state index in [1.807, 2.05) is 72.5 Å². The predicted molar refractivity (Wildman–Crippen MR) is 141 cm³/mol. The Hall–Kier alpha value is -4.24. The van der Waals surface area contributed by atoms with E-state index >= 15 is 0 Å². The number of hydrogen-bond donors (Lipinski definition) is 2. The number of carboxylic acid groups (broad SMARTS) is 2. The van der Waals surface area contributed by atoms with Gasteiger partial charge in [-0.3, -0.25) is 4.79 Å². The van der Waals surface area contributed by atoms with Crippen LogP contribution in [0.1, 0.15) is 34.1 Å². The molecule has 2 aromatic carbocycles. The van der Waals surface area contributed by atoms with Gasteiger partial charge in [0.1, 0.15) is 0 Å². The zero-order valence-corrected chi connectivity index (χ0v) is 20.9. The average Bonchev–Trinajstić information content (AvgIpc) is 2.92. The smallest absolute Gasteiger partial charge is 0.450 e. The second-order valence-corrected chi connectivity index (χ2v) is 8.32. The third-order valence-electron chi connectivity index (χ3n) is 5.66. The fourth-order valence-electron chi connectivity index (χ4n) is 3.85. The van der Waals surface area contributed by atoms with Crippen LogP contribution < -0.4 is 4.90 Å². The van der Waals surface area contributed by atoms with Gasteiger partial charge in [-0.05, 0) is 18.1 Å². The number of anilines is 1. The first-order valence-electron chi connectivity index (χ1n) is 12.1. The minimum atomic E-state index is -1.83. The lowest BCUT2D eigenvalue weighted by atomic mass is 10.0. The Labute approximate surface area is 216 Å². The summed E-state index contributed by atoms with van der Waals surface area (Å²) in [6, 6.07) is 20.2. The van der Waals surface area contributed by atoms with Crippen LogP contribution in [0.25, 0.3) is 0 Å². The highest BCUT2D eigenvalue weighted by molar-refractivity contribution is 5.95. The molecule has 4 rings (SSSR count). The van der Waals surface area contributed by atoms with E-state index < -0.39 is 6.16 Å². The van der Waals surface area contributed by atoms with Crippen molar-refractivity contribution < 1.29 is 24.5 Å². The summed E-state index contributed by atoms with van der Waals surface area (Å²) in [5, 5.41) is 13.9. The van der Waals surface area contributed by atoms with Crippen LogP contribution in [-0.2, 0) is 17.7 Å². The standard InChI is InChI=1S/C27H30N4O2.CH2O3/c1-2-3-14-31(21-23-12-8-5-9-13-23)26(32)24-20-28-27(30-15-17-33-18-16-30)29-25(24)19-22-10-6-4-7-11-22;2-1(3)4/h2-13,20H,14-19,21H2,1H3;(H2,2,3,4)/b3-2+;. The molecule has 1 amide bonds. The monoisotopic (exact) mass is 504 g/mol. The maximum absolute atomic E-state index is 13.7. The first-order valence-corrected chi connectivity index (χ1v) is 12.1. The molecule has 9 nitrogen and oxygen atoms in total. The number of allylic oxidation sites excluding steroid dienone is 1. The summed E-state index contributed by atoms with van der Waals surface area (Å²) in [4.78, 5) is 35.7. The number of carbonyl (C=O) groups is 2. The lowest BCUT2D eigenvalue weighted by Gasteiger charge is -2.28. The molecule has 194 valence electrons. The van der Waals surface area contributed by atoms with E-state index in [9.17, 15) is 4.79 Å². The lowest BCUT2D eigenvalue weighted by Crippen LogP contribution is -2.38. The summed E-state index contributed by atoms with van der Waals surface area (Å²) in [6.07, 6.45) is 4.41. The fourth-order valence-corrected chi connectivity index (χ4v) is 3.85. The largest absolute Gasteiger partial charge is 0.503 e. The van der Waals surface area contributed by atoms with Crippen LogP contribution in [0.2, 0.25) is 0 Å². The van der Waals surface area contributed by atoms with E-state index in [4.69, 9.17) is 24.7 Å². The minimum Gasteiger partial charge on any atom is -0.450 e. The summed E-state index contributed by atoms with van der Waals surface area (Å²) in [5.41, 5.74) is 3.50. The van der Waals surface area contributed by atoms with Gasteiger partial charge in [0, 0.05) is 38.8 Å². The Morgan fingerprint density at radius 2 is 1.59 bits per heavy atom. The maximum atomic E-state index is 13.7. The second-order valence-electron chi connectivity index (χ2n) is 8.32. The Balaban J connectivity index is 0.000000886. The van der Waals surface area contributed by atoms with Gasteiger partial charge >= 0.3 is 6.16 Å². The van der Waals surface area contributed by atoms with E-state index in [2.05, 4.69) is 22.0 Å². The van der Waals surface area contributed by atoms with E-state index in [1.54, 1.807) is 6.20 Å². The Bertz CT molecular complexity index is 1160. The third-order valence-corrected chi connectivity index (χ3v) is 5.66. The van der Waals surface area contributed by atoms with Gasteiger partial charge in [-0.2, -0.15) is 0 Å². The average molecular weight is 505 g/mol. The van der Waals surface area contributed by atoms with Crippen molar-refractivity contribution in [2.75, 3.05) is 37.7 Å². The molecule has 1 aliphatic rings. The molecule has 0 unspecified atom stereocenters. The SMILES string of the molecule is C/C=C/CN(Cc1ccccc1)C(=O)c1cnc(N2CCOCC2)nc1Cc1ccccc1.O=C(O)O. The molecule has 3 aromatic rings. The van der Waals surface area contributed by atoms with Crippen molar-refractivity contribution in [3.05, 3.63) is 101 Å². The quantitative estimate of drug-likeness (QED) is 0.435. The number of benzene rings is 2. The van der Waals surface area contributed by atoms with Crippen LogP contribution >= 0.6 is 0 Å². The second kappa shape index (κ2) is 14.4. The van der Waals surface area contributed by atoms with E-state index in [0.717, 1.165) is 29.9 Å². The summed E-state index contributed by atoms with van der Waals surface area (Å²) >= 11 is 0. The zero-order valence-electron chi connectivity index (χ0n) is 20.9. The van der Waals surface area contributed by atoms with Crippen LogP contribution in [-0.4, -0.2) is 70.0 Å². The number of hydrogen-bond acceptors (Lipinski definition) is 6. The number of amides is 1. The maximum Gasteiger partial charge on any atom is 0.503 e. The molecule has 2 N–H and O–H groups in total. The van der Waals surface area contributed by atoms with Crippen LogP contribution in [0.4, 0.5) is 10.7 Å². The van der Waals surface area contributed by atoms with Crippen LogP contribution in [0.5, 0.6) is 0 Å². The molecular formula is C28H32N4O5. The van der Waals surface area contributed by atoms with Crippen molar-refractivity contribution in [2.24, 2.45) is 0 Å². The van der Waals surface area contributed by atoms with Crippen LogP contribution in [0, 0.1) is 0 Å². The highest BCUT2D eigenvalue weighted by Gasteiger charge is 2.23. The van der Waals surface area contributed by atoms with Crippen LogP contribution in [0.15, 0.2) is 79.0 Å². The molecule has 1 saturated heterocycles. The molecule has 9 heteroatoms. The number of nitrogens with zero attached hydrogens (tertiary/aromatic N) is 4. The summed E-state index contributed by atoms with van der Waals surface area (Å²) in [5.74, 6) is 0.597. The number of ether oxygens (including phenoxy) is 1. The van der Waals surface area contributed by atoms with Crippen molar-refractivity contribution in [1.82, 2.24) is 14.9 Å². The first-order chi connectivity index (χ1) is 18.0. The molecule has 0 aliphatic carbocycles. The molecule has 0 radical (unpaired) electrons. The van der Waals surface area contributed by atoms with Gasteiger partial charge in [0.2, 0.25) is 5.95 Å². The van der Waals surface area contributed by atoms with E-state index in [1.165, 1.54) is 0 Å². The van der Waals surface area contributed by atoms with Crippen molar-refractivity contribution in [2.45, 2.75) is 19.9 Å². The molecule has 0 bridgehead atoms. The molecular weight excluding hydrogens is 472 g/mol. The molecule has 0 atom stereocenters. The van der Waals surface area contributed by atoms with Gasteiger partial charge in [0.05, 0.1) is 24.5 Å². The van der Waals surface area contributed by atoms with E-state index in [0.29, 0.717) is 44.2 Å². The van der Waals surface area contributed by atoms with Crippen molar-refractivity contribution >= 4 is 18.0 Å².